The van der Waals surface area contributed by atoms with Gasteiger partial charge >= 0.3 is 6.18 Å². The number of halogens is 3. The molecule has 0 saturated heterocycles. The molecule has 11 heteroatoms. The molecule has 2 amide bonds. The van der Waals surface area contributed by atoms with E-state index in [1.807, 2.05) is 44.2 Å². The number of hydrogen-bond acceptors (Lipinski definition) is 4. The van der Waals surface area contributed by atoms with Crippen LogP contribution in [0, 0.1) is 5.92 Å². The summed E-state index contributed by atoms with van der Waals surface area (Å²) in [5.41, 5.74) is 0.0456. The van der Waals surface area contributed by atoms with Gasteiger partial charge in [0.1, 0.15) is 12.6 Å². The Hall–Kier alpha value is -4.64. The molecule has 7 nitrogen and oxygen atoms in total. The lowest BCUT2D eigenvalue weighted by Gasteiger charge is -2.34. The Morgan fingerprint density at radius 1 is 0.783 bits per heavy atom. The Balaban J connectivity index is 1.82. The molecule has 0 saturated carbocycles. The second kappa shape index (κ2) is 15.1. The van der Waals surface area contributed by atoms with E-state index in [-0.39, 0.29) is 29.5 Å². The molecular weight excluding hydrogens is 615 g/mol. The lowest BCUT2D eigenvalue weighted by Crippen LogP contribution is -2.53. The van der Waals surface area contributed by atoms with E-state index >= 15 is 0 Å². The highest BCUT2D eigenvalue weighted by Crippen LogP contribution is 2.33. The van der Waals surface area contributed by atoms with E-state index in [2.05, 4.69) is 5.32 Å². The Morgan fingerprint density at radius 2 is 1.35 bits per heavy atom. The molecule has 1 N–H and O–H groups in total. The molecule has 0 unspecified atom stereocenters. The summed E-state index contributed by atoms with van der Waals surface area (Å²) in [5.74, 6) is -1.08. The summed E-state index contributed by atoms with van der Waals surface area (Å²) in [5, 5.41) is 2.90. The topological polar surface area (TPSA) is 86.8 Å². The normalized spacial score (nSPS) is 12.4. The van der Waals surface area contributed by atoms with Gasteiger partial charge in [-0.25, -0.2) is 8.42 Å². The zero-order valence-corrected chi connectivity index (χ0v) is 26.3. The van der Waals surface area contributed by atoms with Crippen LogP contribution in [0.15, 0.2) is 120 Å². The highest BCUT2D eigenvalue weighted by atomic mass is 32.2. The molecule has 0 aliphatic rings. The van der Waals surface area contributed by atoms with Crippen molar-refractivity contribution in [2.45, 2.75) is 43.9 Å². The number of benzene rings is 4. The zero-order valence-electron chi connectivity index (χ0n) is 25.5. The van der Waals surface area contributed by atoms with Gasteiger partial charge in [-0.3, -0.25) is 13.9 Å². The first-order valence-electron chi connectivity index (χ1n) is 14.8. The van der Waals surface area contributed by atoms with Crippen LogP contribution in [0.4, 0.5) is 18.9 Å². The van der Waals surface area contributed by atoms with Gasteiger partial charge in [0.2, 0.25) is 11.8 Å². The van der Waals surface area contributed by atoms with Crippen molar-refractivity contribution in [2.24, 2.45) is 5.92 Å². The summed E-state index contributed by atoms with van der Waals surface area (Å²) < 4.78 is 69.8. The predicted molar refractivity (Wildman–Crippen MR) is 171 cm³/mol. The summed E-state index contributed by atoms with van der Waals surface area (Å²) in [6.45, 7) is 3.31. The molecule has 0 bridgehead atoms. The van der Waals surface area contributed by atoms with Crippen LogP contribution in [0.1, 0.15) is 30.5 Å². The maximum absolute atomic E-state index is 14.4. The quantitative estimate of drug-likeness (QED) is 0.184. The van der Waals surface area contributed by atoms with Crippen LogP contribution in [0.2, 0.25) is 0 Å². The lowest BCUT2D eigenvalue weighted by atomic mass is 10.0. The summed E-state index contributed by atoms with van der Waals surface area (Å²) >= 11 is 0. The number of carbonyl (C=O) groups is 2. The maximum atomic E-state index is 14.4. The summed E-state index contributed by atoms with van der Waals surface area (Å²) in [6.07, 6.45) is -4.63. The smallest absolute Gasteiger partial charge is 0.354 e. The van der Waals surface area contributed by atoms with Crippen molar-refractivity contribution < 1.29 is 31.2 Å². The summed E-state index contributed by atoms with van der Waals surface area (Å²) in [7, 11) is -4.53. The van der Waals surface area contributed by atoms with Gasteiger partial charge in [0, 0.05) is 19.5 Å². The van der Waals surface area contributed by atoms with Gasteiger partial charge in [-0.2, -0.15) is 13.2 Å². The molecule has 242 valence electrons. The number of nitrogens with one attached hydrogen (secondary N) is 1. The van der Waals surface area contributed by atoms with Crippen LogP contribution in [-0.2, 0) is 38.8 Å². The third-order valence-electron chi connectivity index (χ3n) is 7.22. The fraction of sp³-hybridized carbons (Fsp3) is 0.257. The minimum Gasteiger partial charge on any atom is -0.354 e. The van der Waals surface area contributed by atoms with Crippen LogP contribution in [0.25, 0.3) is 0 Å². The fourth-order valence-corrected chi connectivity index (χ4v) is 6.27. The first kappa shape index (κ1) is 34.2. The van der Waals surface area contributed by atoms with Crippen molar-refractivity contribution in [2.75, 3.05) is 17.4 Å². The minimum absolute atomic E-state index is 0.0475. The molecule has 4 aromatic carbocycles. The lowest BCUT2D eigenvalue weighted by molar-refractivity contribution is -0.140. The Morgan fingerprint density at radius 3 is 1.91 bits per heavy atom. The van der Waals surface area contributed by atoms with E-state index in [1.54, 1.807) is 36.4 Å². The monoisotopic (exact) mass is 651 g/mol. The van der Waals surface area contributed by atoms with Gasteiger partial charge in [-0.1, -0.05) is 98.8 Å². The van der Waals surface area contributed by atoms with E-state index in [0.717, 1.165) is 17.7 Å². The molecule has 0 spiro atoms. The predicted octanol–water partition coefficient (Wildman–Crippen LogP) is 6.31. The third kappa shape index (κ3) is 8.97. The molecule has 0 radical (unpaired) electrons. The van der Waals surface area contributed by atoms with E-state index in [0.29, 0.717) is 22.5 Å². The molecular formula is C35H36F3N3O4S. The molecule has 46 heavy (non-hydrogen) atoms. The van der Waals surface area contributed by atoms with Crippen LogP contribution < -0.4 is 9.62 Å². The Labute approximate surface area is 267 Å². The van der Waals surface area contributed by atoms with Gasteiger partial charge in [0.25, 0.3) is 10.0 Å². The average molecular weight is 652 g/mol. The van der Waals surface area contributed by atoms with Crippen LogP contribution in [0.5, 0.6) is 0 Å². The molecule has 1 atom stereocenters. The number of nitrogens with zero attached hydrogens (tertiary/aromatic N) is 2. The molecule has 4 aromatic rings. The van der Waals surface area contributed by atoms with Gasteiger partial charge in [0.15, 0.2) is 0 Å². The molecule has 4 rings (SSSR count). The fourth-order valence-electron chi connectivity index (χ4n) is 4.84. The Kier molecular flexibility index (Phi) is 11.2. The number of anilines is 1. The van der Waals surface area contributed by atoms with Crippen molar-refractivity contribution in [3.8, 4) is 0 Å². The highest BCUT2D eigenvalue weighted by molar-refractivity contribution is 7.92. The molecule has 0 aliphatic heterocycles. The largest absolute Gasteiger partial charge is 0.416 e. The maximum Gasteiger partial charge on any atom is 0.416 e. The van der Waals surface area contributed by atoms with Crippen LogP contribution in [0.3, 0.4) is 0 Å². The van der Waals surface area contributed by atoms with Gasteiger partial charge in [-0.15, -0.1) is 0 Å². The van der Waals surface area contributed by atoms with Crippen molar-refractivity contribution in [1.82, 2.24) is 10.2 Å². The minimum atomic E-state index is -4.75. The van der Waals surface area contributed by atoms with Crippen molar-refractivity contribution in [3.05, 3.63) is 132 Å². The first-order valence-corrected chi connectivity index (χ1v) is 16.2. The number of alkyl halides is 3. The SMILES string of the molecule is CC(C)CNC(=O)[C@H](Cc1ccccc1)N(Cc1ccccc1)C(=O)CN(c1cccc(C(F)(F)F)c1)S(=O)(=O)c1ccccc1. The van der Waals surface area contributed by atoms with Crippen LogP contribution in [-0.4, -0.2) is 44.3 Å². The van der Waals surface area contributed by atoms with Gasteiger partial charge in [-0.05, 0) is 47.4 Å². The van der Waals surface area contributed by atoms with Gasteiger partial charge < -0.3 is 10.2 Å². The Bertz CT molecular complexity index is 1700. The number of carbonyl (C=O) groups excluding carboxylic acids is 2. The second-order valence-electron chi connectivity index (χ2n) is 11.2. The van der Waals surface area contributed by atoms with E-state index in [4.69, 9.17) is 0 Å². The molecule has 0 aromatic heterocycles. The first-order chi connectivity index (χ1) is 21.9. The van der Waals surface area contributed by atoms with E-state index in [9.17, 15) is 31.2 Å². The molecule has 0 aliphatic carbocycles. The number of hydrogen-bond donors (Lipinski definition) is 1. The van der Waals surface area contributed by atoms with E-state index < -0.39 is 46.2 Å². The van der Waals surface area contributed by atoms with Crippen molar-refractivity contribution >= 4 is 27.5 Å². The van der Waals surface area contributed by atoms with E-state index in [1.165, 1.54) is 35.2 Å². The zero-order chi connectivity index (χ0) is 33.3. The number of amides is 2. The summed E-state index contributed by atoms with van der Waals surface area (Å²) in [6, 6.07) is 27.9. The van der Waals surface area contributed by atoms with Gasteiger partial charge in [0.05, 0.1) is 16.1 Å². The number of sulfonamides is 1. The van der Waals surface area contributed by atoms with Crippen molar-refractivity contribution in [1.29, 1.82) is 0 Å². The second-order valence-corrected chi connectivity index (χ2v) is 13.1. The highest BCUT2D eigenvalue weighted by Gasteiger charge is 2.36. The summed E-state index contributed by atoms with van der Waals surface area (Å²) in [4.78, 5) is 29.2. The standard InChI is InChI=1S/C35H36F3N3O4S/c1-26(2)23-39-34(43)32(21-27-13-6-3-7-14-27)40(24-28-15-8-4-9-16-28)33(42)25-41(46(44,45)31-19-10-5-11-20-31)30-18-12-17-29(22-30)35(36,37)38/h3-20,22,26,32H,21,23-25H2,1-2H3,(H,39,43)/t32-/m0/s1. The molecule has 0 fully saturated rings. The molecule has 0 heterocycles. The average Bonchev–Trinajstić information content (AvgIpc) is 3.05. The number of rotatable bonds is 13. The third-order valence-corrected chi connectivity index (χ3v) is 9.01. The van der Waals surface area contributed by atoms with Crippen LogP contribution >= 0.6 is 0 Å². The van der Waals surface area contributed by atoms with Crippen molar-refractivity contribution in [3.63, 3.8) is 0 Å².